The third kappa shape index (κ3) is 4.18. The number of ether oxygens (including phenoxy) is 2. The Hall–Kier alpha value is -2.25. The molecular formula is C17H21N3O4. The Morgan fingerprint density at radius 2 is 2.17 bits per heavy atom. The summed E-state index contributed by atoms with van der Waals surface area (Å²) in [5.74, 6) is 0.909. The first kappa shape index (κ1) is 16.6. The van der Waals surface area contributed by atoms with E-state index in [0.29, 0.717) is 51.2 Å². The van der Waals surface area contributed by atoms with Gasteiger partial charge in [0.25, 0.3) is 0 Å². The summed E-state index contributed by atoms with van der Waals surface area (Å²) in [7, 11) is 0. The SMILES string of the molecule is Cc1nnc([C@H]2COCCN2C(=O)CCOCc2ccccc2)o1. The van der Waals surface area contributed by atoms with Crippen molar-refractivity contribution in [2.24, 2.45) is 0 Å². The number of amides is 1. The van der Waals surface area contributed by atoms with E-state index in [9.17, 15) is 4.79 Å². The zero-order valence-corrected chi connectivity index (χ0v) is 13.7. The van der Waals surface area contributed by atoms with Crippen molar-refractivity contribution in [1.29, 1.82) is 0 Å². The van der Waals surface area contributed by atoms with Gasteiger partial charge in [0.15, 0.2) is 0 Å². The van der Waals surface area contributed by atoms with Crippen LogP contribution >= 0.6 is 0 Å². The van der Waals surface area contributed by atoms with E-state index < -0.39 is 0 Å². The van der Waals surface area contributed by atoms with Gasteiger partial charge < -0.3 is 18.8 Å². The lowest BCUT2D eigenvalue weighted by Gasteiger charge is -2.33. The molecule has 2 aromatic rings. The van der Waals surface area contributed by atoms with Gasteiger partial charge in [-0.15, -0.1) is 10.2 Å². The standard InChI is InChI=1S/C17H21N3O4/c1-13-18-19-17(24-13)15-12-23-10-8-20(15)16(21)7-9-22-11-14-5-3-2-4-6-14/h2-6,15H,7-12H2,1H3/t15-/m1/s1. The predicted molar refractivity (Wildman–Crippen MR) is 85.0 cm³/mol. The molecule has 2 heterocycles. The number of carbonyl (C=O) groups excluding carboxylic acids is 1. The van der Waals surface area contributed by atoms with Crippen molar-refractivity contribution in [1.82, 2.24) is 15.1 Å². The van der Waals surface area contributed by atoms with Crippen molar-refractivity contribution in [3.63, 3.8) is 0 Å². The highest BCUT2D eigenvalue weighted by atomic mass is 16.5. The summed E-state index contributed by atoms with van der Waals surface area (Å²) in [5, 5.41) is 7.85. The van der Waals surface area contributed by atoms with E-state index in [1.54, 1.807) is 11.8 Å². The molecule has 0 radical (unpaired) electrons. The van der Waals surface area contributed by atoms with Crippen LogP contribution in [0.4, 0.5) is 0 Å². The quantitative estimate of drug-likeness (QED) is 0.752. The van der Waals surface area contributed by atoms with Gasteiger partial charge in [0.2, 0.25) is 17.7 Å². The minimum absolute atomic E-state index is 0.00668. The maximum atomic E-state index is 12.5. The summed E-state index contributed by atoms with van der Waals surface area (Å²) in [6, 6.07) is 9.57. The molecule has 1 atom stereocenters. The van der Waals surface area contributed by atoms with Crippen LogP contribution in [0.1, 0.15) is 29.8 Å². The Balaban J connectivity index is 1.51. The van der Waals surface area contributed by atoms with Gasteiger partial charge >= 0.3 is 0 Å². The number of aromatic nitrogens is 2. The Bertz CT molecular complexity index is 659. The molecule has 0 aliphatic carbocycles. The summed E-state index contributed by atoms with van der Waals surface area (Å²) in [4.78, 5) is 14.2. The summed E-state index contributed by atoms with van der Waals surface area (Å²) in [6.07, 6.45) is 0.316. The fourth-order valence-electron chi connectivity index (χ4n) is 2.62. The number of benzene rings is 1. The van der Waals surface area contributed by atoms with Crippen LogP contribution in [0.3, 0.4) is 0 Å². The van der Waals surface area contributed by atoms with Gasteiger partial charge in [0.05, 0.1) is 32.8 Å². The normalized spacial score (nSPS) is 17.9. The van der Waals surface area contributed by atoms with Crippen LogP contribution in [-0.4, -0.2) is 47.4 Å². The van der Waals surface area contributed by atoms with Crippen molar-refractivity contribution in [3.8, 4) is 0 Å². The maximum Gasteiger partial charge on any atom is 0.241 e. The first-order valence-electron chi connectivity index (χ1n) is 8.03. The van der Waals surface area contributed by atoms with Crippen LogP contribution in [0.25, 0.3) is 0 Å². The monoisotopic (exact) mass is 331 g/mol. The third-order valence-electron chi connectivity index (χ3n) is 3.85. The minimum Gasteiger partial charge on any atom is -0.423 e. The van der Waals surface area contributed by atoms with E-state index in [4.69, 9.17) is 13.9 Å². The number of rotatable bonds is 6. The van der Waals surface area contributed by atoms with Gasteiger partial charge in [-0.3, -0.25) is 4.79 Å². The smallest absolute Gasteiger partial charge is 0.241 e. The molecule has 7 nitrogen and oxygen atoms in total. The molecule has 0 saturated carbocycles. The molecule has 24 heavy (non-hydrogen) atoms. The molecule has 1 aliphatic rings. The van der Waals surface area contributed by atoms with Crippen LogP contribution in [-0.2, 0) is 20.9 Å². The van der Waals surface area contributed by atoms with Crippen molar-refractivity contribution < 1.29 is 18.7 Å². The fourth-order valence-corrected chi connectivity index (χ4v) is 2.62. The highest BCUT2D eigenvalue weighted by molar-refractivity contribution is 5.76. The molecule has 1 aliphatic heterocycles. The zero-order valence-electron chi connectivity index (χ0n) is 13.7. The van der Waals surface area contributed by atoms with Crippen LogP contribution < -0.4 is 0 Å². The second kappa shape index (κ2) is 8.03. The summed E-state index contributed by atoms with van der Waals surface area (Å²) in [6.45, 7) is 4.01. The van der Waals surface area contributed by atoms with Gasteiger partial charge in [-0.1, -0.05) is 30.3 Å². The highest BCUT2D eigenvalue weighted by Gasteiger charge is 2.32. The van der Waals surface area contributed by atoms with Crippen molar-refractivity contribution >= 4 is 5.91 Å². The van der Waals surface area contributed by atoms with E-state index in [2.05, 4.69) is 10.2 Å². The van der Waals surface area contributed by atoms with Crippen molar-refractivity contribution in [3.05, 3.63) is 47.7 Å². The number of carbonyl (C=O) groups is 1. The molecule has 0 spiro atoms. The topological polar surface area (TPSA) is 77.7 Å². The molecule has 0 unspecified atom stereocenters. The Labute approximate surface area is 140 Å². The number of nitrogens with zero attached hydrogens (tertiary/aromatic N) is 3. The molecule has 0 bridgehead atoms. The summed E-state index contributed by atoms with van der Waals surface area (Å²) in [5.41, 5.74) is 1.09. The van der Waals surface area contributed by atoms with Crippen LogP contribution in [0.5, 0.6) is 0 Å². The Kier molecular flexibility index (Phi) is 5.55. The molecule has 7 heteroatoms. The van der Waals surface area contributed by atoms with Crippen molar-refractivity contribution in [2.75, 3.05) is 26.4 Å². The second-order valence-corrected chi connectivity index (χ2v) is 5.63. The fraction of sp³-hybridized carbons (Fsp3) is 0.471. The van der Waals surface area contributed by atoms with Gasteiger partial charge in [-0.2, -0.15) is 0 Å². The van der Waals surface area contributed by atoms with Crippen LogP contribution in [0.2, 0.25) is 0 Å². The van der Waals surface area contributed by atoms with E-state index in [1.807, 2.05) is 30.3 Å². The lowest BCUT2D eigenvalue weighted by molar-refractivity contribution is -0.142. The number of aryl methyl sites for hydroxylation is 1. The van der Waals surface area contributed by atoms with Gasteiger partial charge in [0, 0.05) is 13.5 Å². The van der Waals surface area contributed by atoms with Crippen molar-refractivity contribution in [2.45, 2.75) is 26.0 Å². The molecule has 0 N–H and O–H groups in total. The second-order valence-electron chi connectivity index (χ2n) is 5.63. The lowest BCUT2D eigenvalue weighted by atomic mass is 10.2. The first-order valence-corrected chi connectivity index (χ1v) is 8.03. The lowest BCUT2D eigenvalue weighted by Crippen LogP contribution is -2.43. The van der Waals surface area contributed by atoms with Crippen LogP contribution in [0.15, 0.2) is 34.7 Å². The highest BCUT2D eigenvalue weighted by Crippen LogP contribution is 2.23. The molecule has 3 rings (SSSR count). The van der Waals surface area contributed by atoms with E-state index >= 15 is 0 Å². The average Bonchev–Trinajstić information content (AvgIpc) is 3.06. The Morgan fingerprint density at radius 3 is 2.92 bits per heavy atom. The number of hydrogen-bond acceptors (Lipinski definition) is 6. The zero-order chi connectivity index (χ0) is 16.8. The molecule has 1 aromatic carbocycles. The largest absolute Gasteiger partial charge is 0.423 e. The van der Waals surface area contributed by atoms with E-state index in [1.165, 1.54) is 0 Å². The first-order chi connectivity index (χ1) is 11.7. The summed E-state index contributed by atoms with van der Waals surface area (Å²) < 4.78 is 16.5. The molecule has 1 saturated heterocycles. The van der Waals surface area contributed by atoms with E-state index in [0.717, 1.165) is 5.56 Å². The van der Waals surface area contributed by atoms with Gasteiger partial charge in [-0.25, -0.2) is 0 Å². The van der Waals surface area contributed by atoms with E-state index in [-0.39, 0.29) is 11.9 Å². The average molecular weight is 331 g/mol. The van der Waals surface area contributed by atoms with Gasteiger partial charge in [-0.05, 0) is 5.56 Å². The predicted octanol–water partition coefficient (Wildman–Crippen LogP) is 1.88. The molecule has 1 amide bonds. The molecule has 128 valence electrons. The third-order valence-corrected chi connectivity index (χ3v) is 3.85. The summed E-state index contributed by atoms with van der Waals surface area (Å²) >= 11 is 0. The minimum atomic E-state index is -0.318. The Morgan fingerprint density at radius 1 is 1.33 bits per heavy atom. The number of morpholine rings is 1. The maximum absolute atomic E-state index is 12.5. The molecule has 1 aromatic heterocycles. The van der Waals surface area contributed by atoms with Crippen LogP contribution in [0, 0.1) is 6.92 Å². The number of hydrogen-bond donors (Lipinski definition) is 0. The molecule has 1 fully saturated rings. The molecular weight excluding hydrogens is 310 g/mol. The van der Waals surface area contributed by atoms with Gasteiger partial charge in [0.1, 0.15) is 6.04 Å².